The third-order valence-electron chi connectivity index (χ3n) is 6.02. The van der Waals surface area contributed by atoms with Crippen molar-refractivity contribution >= 4 is 33.7 Å². The molecule has 0 unspecified atom stereocenters. The van der Waals surface area contributed by atoms with Crippen molar-refractivity contribution in [3.63, 3.8) is 0 Å². The Hall–Kier alpha value is -4.40. The summed E-state index contributed by atoms with van der Waals surface area (Å²) < 4.78 is 21.7. The van der Waals surface area contributed by atoms with Crippen LogP contribution in [0.5, 0.6) is 17.2 Å². The van der Waals surface area contributed by atoms with E-state index >= 15 is 0 Å². The van der Waals surface area contributed by atoms with E-state index in [2.05, 4.69) is 0 Å². The molecule has 0 saturated heterocycles. The van der Waals surface area contributed by atoms with Crippen LogP contribution in [0.4, 0.5) is 0 Å². The minimum atomic E-state index is -0.964. The maximum Gasteiger partial charge on any atom is 0.336 e. The number of phenolic OH excluding ortho intramolecular Hbond substituents is 1. The molecule has 9 heteroatoms. The molecule has 34 heavy (non-hydrogen) atoms. The summed E-state index contributed by atoms with van der Waals surface area (Å²) in [6.07, 6.45) is 0.965. The minimum absolute atomic E-state index is 0.0647. The molecular weight excluding hydrogens is 444 g/mol. The number of Topliss-reactive ketones (excluding diaryl/α,β-unsaturated/α-hetero) is 1. The Labute approximate surface area is 191 Å². The summed E-state index contributed by atoms with van der Waals surface area (Å²) >= 11 is 0. The average molecular weight is 462 g/mol. The molecule has 9 nitrogen and oxygen atoms in total. The van der Waals surface area contributed by atoms with Crippen molar-refractivity contribution in [1.29, 1.82) is 0 Å². The van der Waals surface area contributed by atoms with Crippen molar-refractivity contribution in [2.75, 3.05) is 7.11 Å². The van der Waals surface area contributed by atoms with Gasteiger partial charge in [0.05, 0.1) is 30.6 Å². The molecule has 0 bridgehead atoms. The molecule has 0 radical (unpaired) electrons. The van der Waals surface area contributed by atoms with Gasteiger partial charge in [0.25, 0.3) is 0 Å². The highest BCUT2D eigenvalue weighted by Gasteiger charge is 2.38. The number of aryl methyl sites for hydroxylation is 1. The zero-order chi connectivity index (χ0) is 24.3. The molecule has 1 N–H and O–H groups in total. The van der Waals surface area contributed by atoms with Gasteiger partial charge in [0.1, 0.15) is 28.2 Å². The standard InChI is InChI=1S/C25H18O9/c1-10-6-17(27)33-24-19(10)23(30)20(11(2)26)25-21(24)13(8-18(28)34-25)15-9-32-16-5-4-12(31-3)7-14(16)22(15)29/h4-7,9,13,30H,8H2,1-3H3/t13-/m1/s1. The number of ketones is 1. The summed E-state index contributed by atoms with van der Waals surface area (Å²) in [5.41, 5.74) is -0.498. The van der Waals surface area contributed by atoms with Gasteiger partial charge >= 0.3 is 11.6 Å². The zero-order valence-corrected chi connectivity index (χ0v) is 18.4. The molecule has 0 spiro atoms. The predicted molar refractivity (Wildman–Crippen MR) is 120 cm³/mol. The first-order chi connectivity index (χ1) is 16.2. The number of methoxy groups -OCH3 is 1. The maximum absolute atomic E-state index is 13.5. The minimum Gasteiger partial charge on any atom is -0.506 e. The van der Waals surface area contributed by atoms with Crippen molar-refractivity contribution in [2.24, 2.45) is 0 Å². The first-order valence-corrected chi connectivity index (χ1v) is 10.4. The molecule has 0 amide bonds. The Morgan fingerprint density at radius 2 is 1.94 bits per heavy atom. The largest absolute Gasteiger partial charge is 0.506 e. The van der Waals surface area contributed by atoms with E-state index in [1.54, 1.807) is 19.1 Å². The molecule has 1 atom stereocenters. The second-order valence-electron chi connectivity index (χ2n) is 8.09. The highest BCUT2D eigenvalue weighted by atomic mass is 16.5. The lowest BCUT2D eigenvalue weighted by Crippen LogP contribution is -2.26. The number of ether oxygens (including phenoxy) is 2. The third-order valence-corrected chi connectivity index (χ3v) is 6.02. The van der Waals surface area contributed by atoms with Crippen molar-refractivity contribution in [3.8, 4) is 17.2 Å². The third kappa shape index (κ3) is 3.08. The van der Waals surface area contributed by atoms with Gasteiger partial charge in [-0.1, -0.05) is 0 Å². The second-order valence-corrected chi connectivity index (χ2v) is 8.09. The SMILES string of the molecule is COc1ccc2occ([C@H]3CC(=O)Oc4c(C(C)=O)c(O)c5c(C)cc(=O)oc5c43)c(=O)c2c1. The summed E-state index contributed by atoms with van der Waals surface area (Å²) in [5, 5.41) is 11.2. The number of carbonyl (C=O) groups excluding carboxylic acids is 2. The summed E-state index contributed by atoms with van der Waals surface area (Å²) in [6, 6.07) is 5.93. The number of carbonyl (C=O) groups is 2. The van der Waals surface area contributed by atoms with E-state index in [1.165, 1.54) is 32.4 Å². The summed E-state index contributed by atoms with van der Waals surface area (Å²) in [7, 11) is 1.46. The van der Waals surface area contributed by atoms with Crippen molar-refractivity contribution in [2.45, 2.75) is 26.2 Å². The van der Waals surface area contributed by atoms with Crippen LogP contribution in [-0.4, -0.2) is 24.0 Å². The van der Waals surface area contributed by atoms with E-state index in [0.717, 1.165) is 0 Å². The predicted octanol–water partition coefficient (Wildman–Crippen LogP) is 3.57. The average Bonchev–Trinajstić information content (AvgIpc) is 2.77. The molecule has 0 fully saturated rings. The lowest BCUT2D eigenvalue weighted by atomic mass is 9.83. The number of hydrogen-bond acceptors (Lipinski definition) is 9. The molecule has 2 aromatic carbocycles. The summed E-state index contributed by atoms with van der Waals surface area (Å²) in [6.45, 7) is 2.79. The molecule has 4 aromatic rings. The first-order valence-electron chi connectivity index (χ1n) is 10.4. The lowest BCUT2D eigenvalue weighted by molar-refractivity contribution is -0.135. The number of aromatic hydroxyl groups is 1. The van der Waals surface area contributed by atoms with E-state index in [4.69, 9.17) is 18.3 Å². The summed E-state index contributed by atoms with van der Waals surface area (Å²) in [4.78, 5) is 50.8. The maximum atomic E-state index is 13.5. The highest BCUT2D eigenvalue weighted by molar-refractivity contribution is 6.09. The van der Waals surface area contributed by atoms with E-state index < -0.39 is 34.5 Å². The molecule has 5 rings (SSSR count). The molecule has 172 valence electrons. The lowest BCUT2D eigenvalue weighted by Gasteiger charge is -2.27. The molecule has 0 saturated carbocycles. The number of phenols is 1. The van der Waals surface area contributed by atoms with Gasteiger partial charge in [-0.15, -0.1) is 0 Å². The highest BCUT2D eigenvalue weighted by Crippen LogP contribution is 2.49. The van der Waals surface area contributed by atoms with Crippen LogP contribution in [0.25, 0.3) is 21.9 Å². The number of esters is 1. The smallest absolute Gasteiger partial charge is 0.336 e. The Kier molecular flexibility index (Phi) is 4.78. The zero-order valence-electron chi connectivity index (χ0n) is 18.4. The monoisotopic (exact) mass is 462 g/mol. The van der Waals surface area contributed by atoms with Crippen LogP contribution < -0.4 is 20.5 Å². The number of fused-ring (bicyclic) bond motifs is 4. The molecule has 3 heterocycles. The van der Waals surface area contributed by atoms with Gasteiger partial charge in [-0.25, -0.2) is 4.79 Å². The van der Waals surface area contributed by atoms with Crippen LogP contribution in [0.1, 0.15) is 46.3 Å². The Morgan fingerprint density at radius 1 is 1.18 bits per heavy atom. The van der Waals surface area contributed by atoms with Crippen LogP contribution in [0.15, 0.2) is 49.0 Å². The molecule has 1 aliphatic heterocycles. The van der Waals surface area contributed by atoms with E-state index in [-0.39, 0.29) is 45.2 Å². The van der Waals surface area contributed by atoms with Crippen LogP contribution in [-0.2, 0) is 4.79 Å². The van der Waals surface area contributed by atoms with Crippen molar-refractivity contribution in [1.82, 2.24) is 0 Å². The second kappa shape index (κ2) is 7.58. The Bertz CT molecular complexity index is 1660. The first kappa shape index (κ1) is 21.4. The fourth-order valence-electron chi connectivity index (χ4n) is 4.49. The van der Waals surface area contributed by atoms with Gasteiger partial charge in [0, 0.05) is 23.1 Å². The fraction of sp³-hybridized carbons (Fsp3) is 0.200. The molecule has 1 aliphatic rings. The Balaban J connectivity index is 1.92. The van der Waals surface area contributed by atoms with Crippen LogP contribution in [0.3, 0.4) is 0 Å². The normalized spacial score (nSPS) is 15.3. The van der Waals surface area contributed by atoms with E-state index in [1.807, 2.05) is 0 Å². The Morgan fingerprint density at radius 3 is 2.65 bits per heavy atom. The van der Waals surface area contributed by atoms with Crippen LogP contribution in [0.2, 0.25) is 0 Å². The van der Waals surface area contributed by atoms with Crippen molar-refractivity contribution < 1.29 is 33.0 Å². The summed E-state index contributed by atoms with van der Waals surface area (Å²) in [5.74, 6) is -2.52. The number of benzene rings is 2. The molecular formula is C25H18O9. The van der Waals surface area contributed by atoms with Gasteiger partial charge in [-0.3, -0.25) is 14.4 Å². The van der Waals surface area contributed by atoms with E-state index in [0.29, 0.717) is 16.9 Å². The van der Waals surface area contributed by atoms with Gasteiger partial charge in [-0.05, 0) is 37.6 Å². The van der Waals surface area contributed by atoms with Crippen molar-refractivity contribution in [3.05, 3.63) is 73.4 Å². The topological polar surface area (TPSA) is 133 Å². The molecule has 0 aliphatic carbocycles. The van der Waals surface area contributed by atoms with Gasteiger partial charge in [-0.2, -0.15) is 0 Å². The number of hydrogen-bond donors (Lipinski definition) is 1. The van der Waals surface area contributed by atoms with Crippen LogP contribution in [0, 0.1) is 6.92 Å². The van der Waals surface area contributed by atoms with Gasteiger partial charge < -0.3 is 23.4 Å². The molecule has 2 aromatic heterocycles. The fourth-order valence-corrected chi connectivity index (χ4v) is 4.49. The van der Waals surface area contributed by atoms with Crippen LogP contribution >= 0.6 is 0 Å². The quantitative estimate of drug-likeness (QED) is 0.210. The number of rotatable bonds is 3. The van der Waals surface area contributed by atoms with Gasteiger partial charge in [0.2, 0.25) is 0 Å². The van der Waals surface area contributed by atoms with E-state index in [9.17, 15) is 24.3 Å². The van der Waals surface area contributed by atoms with Gasteiger partial charge in [0.15, 0.2) is 17.0 Å².